The molecule has 1 aromatic carbocycles. The van der Waals surface area contributed by atoms with E-state index in [4.69, 9.17) is 15.2 Å². The van der Waals surface area contributed by atoms with Gasteiger partial charge in [-0.05, 0) is 24.1 Å². The van der Waals surface area contributed by atoms with Gasteiger partial charge in [-0.15, -0.1) is 0 Å². The van der Waals surface area contributed by atoms with Crippen molar-refractivity contribution in [3.8, 4) is 0 Å². The molecule has 1 rings (SSSR count). The number of nitrogens with zero attached hydrogens (tertiary/aromatic N) is 1. The SMILES string of the molecule is COCCCN(CCOC)C(=O)Cc1cccc(N)c1. The molecule has 0 radical (unpaired) electrons. The molecule has 112 valence electrons. The Morgan fingerprint density at radius 3 is 2.60 bits per heavy atom. The molecule has 0 spiro atoms. The number of nitrogens with two attached hydrogens (primary N) is 1. The Morgan fingerprint density at radius 1 is 1.20 bits per heavy atom. The molecule has 5 heteroatoms. The van der Waals surface area contributed by atoms with E-state index >= 15 is 0 Å². The molecule has 0 heterocycles. The standard InChI is InChI=1S/C15H24N2O3/c1-19-9-4-7-17(8-10-20-2)15(18)12-13-5-3-6-14(16)11-13/h3,5-6,11H,4,7-10,12,16H2,1-2H3. The van der Waals surface area contributed by atoms with E-state index in [1.807, 2.05) is 29.2 Å². The van der Waals surface area contributed by atoms with Crippen LogP contribution in [0.4, 0.5) is 5.69 Å². The molecular formula is C15H24N2O3. The number of amides is 1. The molecule has 0 saturated heterocycles. The third-order valence-corrected chi connectivity index (χ3v) is 3.00. The van der Waals surface area contributed by atoms with Crippen molar-refractivity contribution in [1.82, 2.24) is 4.90 Å². The van der Waals surface area contributed by atoms with Crippen molar-refractivity contribution in [1.29, 1.82) is 0 Å². The molecule has 0 aromatic heterocycles. The van der Waals surface area contributed by atoms with Gasteiger partial charge in [0.2, 0.25) is 5.91 Å². The first-order valence-corrected chi connectivity index (χ1v) is 6.77. The molecule has 20 heavy (non-hydrogen) atoms. The van der Waals surface area contributed by atoms with Crippen molar-refractivity contribution in [2.75, 3.05) is 46.3 Å². The molecular weight excluding hydrogens is 256 g/mol. The lowest BCUT2D eigenvalue weighted by Crippen LogP contribution is -2.36. The molecule has 1 aromatic rings. The van der Waals surface area contributed by atoms with Crippen LogP contribution in [0.15, 0.2) is 24.3 Å². The lowest BCUT2D eigenvalue weighted by atomic mass is 10.1. The Labute approximate surface area is 120 Å². The van der Waals surface area contributed by atoms with Crippen molar-refractivity contribution in [2.24, 2.45) is 0 Å². The van der Waals surface area contributed by atoms with Gasteiger partial charge in [-0.2, -0.15) is 0 Å². The first-order chi connectivity index (χ1) is 9.67. The molecule has 0 aliphatic rings. The Kier molecular flexibility index (Phi) is 7.69. The third kappa shape index (κ3) is 6.04. The quantitative estimate of drug-likeness (QED) is 0.547. The van der Waals surface area contributed by atoms with E-state index in [-0.39, 0.29) is 5.91 Å². The number of rotatable bonds is 9. The van der Waals surface area contributed by atoms with Gasteiger partial charge < -0.3 is 20.1 Å². The van der Waals surface area contributed by atoms with Gasteiger partial charge in [-0.3, -0.25) is 4.79 Å². The van der Waals surface area contributed by atoms with Gasteiger partial charge in [0.25, 0.3) is 0 Å². The second-order valence-corrected chi connectivity index (χ2v) is 4.64. The van der Waals surface area contributed by atoms with Crippen molar-refractivity contribution in [2.45, 2.75) is 12.8 Å². The van der Waals surface area contributed by atoms with Gasteiger partial charge in [0, 0.05) is 39.6 Å². The monoisotopic (exact) mass is 280 g/mol. The van der Waals surface area contributed by atoms with Crippen LogP contribution >= 0.6 is 0 Å². The van der Waals surface area contributed by atoms with Crippen LogP contribution < -0.4 is 5.73 Å². The molecule has 0 atom stereocenters. The molecule has 0 bridgehead atoms. The van der Waals surface area contributed by atoms with E-state index in [1.165, 1.54) is 0 Å². The first-order valence-electron chi connectivity index (χ1n) is 6.77. The van der Waals surface area contributed by atoms with Crippen LogP contribution in [-0.4, -0.2) is 51.3 Å². The average molecular weight is 280 g/mol. The highest BCUT2D eigenvalue weighted by molar-refractivity contribution is 5.79. The summed E-state index contributed by atoms with van der Waals surface area (Å²) in [5, 5.41) is 0. The molecule has 2 N–H and O–H groups in total. The Morgan fingerprint density at radius 2 is 1.95 bits per heavy atom. The van der Waals surface area contributed by atoms with Crippen molar-refractivity contribution < 1.29 is 14.3 Å². The summed E-state index contributed by atoms with van der Waals surface area (Å²) in [6, 6.07) is 7.43. The number of methoxy groups -OCH3 is 2. The van der Waals surface area contributed by atoms with Crippen LogP contribution in [-0.2, 0) is 20.7 Å². The van der Waals surface area contributed by atoms with Crippen LogP contribution in [0.25, 0.3) is 0 Å². The minimum Gasteiger partial charge on any atom is -0.399 e. The minimum absolute atomic E-state index is 0.0868. The number of hydrogen-bond acceptors (Lipinski definition) is 4. The summed E-state index contributed by atoms with van der Waals surface area (Å²) in [7, 11) is 3.30. The van der Waals surface area contributed by atoms with Crippen molar-refractivity contribution >= 4 is 11.6 Å². The molecule has 1 amide bonds. The lowest BCUT2D eigenvalue weighted by Gasteiger charge is -2.22. The molecule has 0 saturated carbocycles. The van der Waals surface area contributed by atoms with Crippen molar-refractivity contribution in [3.63, 3.8) is 0 Å². The van der Waals surface area contributed by atoms with Gasteiger partial charge in [0.15, 0.2) is 0 Å². The van der Waals surface area contributed by atoms with Gasteiger partial charge in [0.1, 0.15) is 0 Å². The molecule has 0 unspecified atom stereocenters. The largest absolute Gasteiger partial charge is 0.399 e. The topological polar surface area (TPSA) is 64.8 Å². The summed E-state index contributed by atoms with van der Waals surface area (Å²) in [5.41, 5.74) is 7.34. The predicted molar refractivity (Wildman–Crippen MR) is 79.5 cm³/mol. The summed E-state index contributed by atoms with van der Waals surface area (Å²) >= 11 is 0. The maximum Gasteiger partial charge on any atom is 0.227 e. The zero-order chi connectivity index (χ0) is 14.8. The molecule has 0 fully saturated rings. The number of carbonyl (C=O) groups is 1. The summed E-state index contributed by atoms with van der Waals surface area (Å²) in [4.78, 5) is 14.1. The number of anilines is 1. The van der Waals surface area contributed by atoms with Gasteiger partial charge >= 0.3 is 0 Å². The van der Waals surface area contributed by atoms with Crippen LogP contribution in [0.1, 0.15) is 12.0 Å². The van der Waals surface area contributed by atoms with E-state index in [0.717, 1.165) is 12.0 Å². The molecule has 0 aliphatic heterocycles. The number of nitrogen functional groups attached to an aromatic ring is 1. The lowest BCUT2D eigenvalue weighted by molar-refractivity contribution is -0.131. The number of hydrogen-bond donors (Lipinski definition) is 1. The van der Waals surface area contributed by atoms with Gasteiger partial charge in [-0.1, -0.05) is 12.1 Å². The van der Waals surface area contributed by atoms with Crippen LogP contribution in [0, 0.1) is 0 Å². The summed E-state index contributed by atoms with van der Waals surface area (Å²) in [5.74, 6) is 0.0868. The highest BCUT2D eigenvalue weighted by Gasteiger charge is 2.13. The van der Waals surface area contributed by atoms with Gasteiger partial charge in [-0.25, -0.2) is 0 Å². The van der Waals surface area contributed by atoms with Crippen LogP contribution in [0.2, 0.25) is 0 Å². The number of ether oxygens (including phenoxy) is 2. The van der Waals surface area contributed by atoms with E-state index in [1.54, 1.807) is 14.2 Å². The number of benzene rings is 1. The highest BCUT2D eigenvalue weighted by Crippen LogP contribution is 2.09. The van der Waals surface area contributed by atoms with Crippen LogP contribution in [0.5, 0.6) is 0 Å². The highest BCUT2D eigenvalue weighted by atomic mass is 16.5. The summed E-state index contributed by atoms with van der Waals surface area (Å²) < 4.78 is 10.1. The summed E-state index contributed by atoms with van der Waals surface area (Å²) in [6.07, 6.45) is 1.19. The van der Waals surface area contributed by atoms with Crippen LogP contribution in [0.3, 0.4) is 0 Å². The molecule has 0 aliphatic carbocycles. The first kappa shape index (κ1) is 16.5. The Hall–Kier alpha value is -1.59. The van der Waals surface area contributed by atoms with E-state index < -0.39 is 0 Å². The summed E-state index contributed by atoms with van der Waals surface area (Å²) in [6.45, 7) is 2.46. The second kappa shape index (κ2) is 9.34. The second-order valence-electron chi connectivity index (χ2n) is 4.64. The molecule has 5 nitrogen and oxygen atoms in total. The maximum absolute atomic E-state index is 12.3. The Bertz CT molecular complexity index is 410. The smallest absolute Gasteiger partial charge is 0.227 e. The average Bonchev–Trinajstić information content (AvgIpc) is 2.42. The van der Waals surface area contributed by atoms with E-state index in [9.17, 15) is 4.79 Å². The fourth-order valence-corrected chi connectivity index (χ4v) is 1.95. The fraction of sp³-hybridized carbons (Fsp3) is 0.533. The third-order valence-electron chi connectivity index (χ3n) is 3.00. The predicted octanol–water partition coefficient (Wildman–Crippen LogP) is 1.32. The minimum atomic E-state index is 0.0868. The zero-order valence-corrected chi connectivity index (χ0v) is 12.3. The fourth-order valence-electron chi connectivity index (χ4n) is 1.95. The van der Waals surface area contributed by atoms with E-state index in [2.05, 4.69) is 0 Å². The Balaban J connectivity index is 2.56. The zero-order valence-electron chi connectivity index (χ0n) is 12.3. The van der Waals surface area contributed by atoms with Gasteiger partial charge in [0.05, 0.1) is 13.0 Å². The maximum atomic E-state index is 12.3. The van der Waals surface area contributed by atoms with E-state index in [0.29, 0.717) is 38.4 Å². The number of carbonyl (C=O) groups excluding carboxylic acids is 1. The van der Waals surface area contributed by atoms with Crippen molar-refractivity contribution in [3.05, 3.63) is 29.8 Å². The normalized spacial score (nSPS) is 10.5.